The van der Waals surface area contributed by atoms with Gasteiger partial charge in [-0.1, -0.05) is 24.3 Å². The van der Waals surface area contributed by atoms with Crippen LogP contribution in [0.15, 0.2) is 48.5 Å². The van der Waals surface area contributed by atoms with Crippen molar-refractivity contribution in [2.45, 2.75) is 26.5 Å². The number of urea groups is 1. The summed E-state index contributed by atoms with van der Waals surface area (Å²) in [4.78, 5) is 24.3. The Hall–Kier alpha value is -3.62. The molecule has 0 unspecified atom stereocenters. The number of anilines is 2. The van der Waals surface area contributed by atoms with Crippen LogP contribution in [-0.4, -0.2) is 31.7 Å². The number of ether oxygens (including phenoxy) is 2. The molecule has 0 aliphatic carbocycles. The fourth-order valence-electron chi connectivity index (χ4n) is 2.50. The predicted octanol–water partition coefficient (Wildman–Crippen LogP) is 4.48. The van der Waals surface area contributed by atoms with Crippen molar-refractivity contribution in [3.8, 4) is 11.5 Å². The lowest BCUT2D eigenvalue weighted by molar-refractivity contribution is -0.111. The van der Waals surface area contributed by atoms with E-state index in [4.69, 9.17) is 4.74 Å². The minimum absolute atomic E-state index is 0.0535. The van der Waals surface area contributed by atoms with Crippen molar-refractivity contribution >= 4 is 29.4 Å². The molecule has 0 heterocycles. The summed E-state index contributed by atoms with van der Waals surface area (Å²) >= 11 is 0. The lowest BCUT2D eigenvalue weighted by atomic mass is 10.1. The van der Waals surface area contributed by atoms with Gasteiger partial charge in [0.05, 0.1) is 18.5 Å². The predicted molar refractivity (Wildman–Crippen MR) is 111 cm³/mol. The number of methoxy groups -OCH3 is 1. The number of hydrogen-bond acceptors (Lipinski definition) is 4. The highest BCUT2D eigenvalue weighted by molar-refractivity contribution is 6.05. The molecule has 3 amide bonds. The first-order valence-electron chi connectivity index (χ1n) is 9.07. The largest absolute Gasteiger partial charge is 0.493 e. The molecule has 0 aromatic heterocycles. The number of rotatable bonds is 8. The molecule has 0 fully saturated rings. The Morgan fingerprint density at radius 1 is 1.00 bits per heavy atom. The van der Waals surface area contributed by atoms with Crippen molar-refractivity contribution in [2.75, 3.05) is 17.7 Å². The van der Waals surface area contributed by atoms with Crippen molar-refractivity contribution in [3.05, 3.63) is 54.1 Å². The van der Waals surface area contributed by atoms with Gasteiger partial charge in [-0.25, -0.2) is 4.79 Å². The molecule has 0 bridgehead atoms. The minimum atomic E-state index is -3.04. The molecule has 2 aromatic carbocycles. The van der Waals surface area contributed by atoms with Crippen LogP contribution in [0.5, 0.6) is 11.5 Å². The molecule has 30 heavy (non-hydrogen) atoms. The van der Waals surface area contributed by atoms with E-state index in [0.29, 0.717) is 11.4 Å². The quantitative estimate of drug-likeness (QED) is 0.551. The maximum atomic E-state index is 12.7. The third-order valence-corrected chi connectivity index (χ3v) is 3.70. The van der Waals surface area contributed by atoms with Crippen LogP contribution in [0.25, 0.3) is 6.08 Å². The third-order valence-electron chi connectivity index (χ3n) is 3.70. The molecule has 0 aliphatic rings. The first-order valence-corrected chi connectivity index (χ1v) is 9.07. The SMILES string of the molecule is COc1cccc(C=CC(=O)Nc2ccccc2NC(=O)NC(C)C)c1OC(F)F. The second kappa shape index (κ2) is 10.8. The standard InChI is InChI=1S/C21H23F2N3O4/c1-13(2)24-21(28)26-16-9-5-4-8-15(16)25-18(27)12-11-14-7-6-10-17(29-3)19(14)30-20(22)23/h4-13,20H,1-3H3,(H,25,27)(H2,24,26,28). The van der Waals surface area contributed by atoms with E-state index in [1.807, 2.05) is 13.8 Å². The Morgan fingerprint density at radius 3 is 2.27 bits per heavy atom. The summed E-state index contributed by atoms with van der Waals surface area (Å²) < 4.78 is 35.0. The van der Waals surface area contributed by atoms with E-state index < -0.39 is 18.5 Å². The smallest absolute Gasteiger partial charge is 0.387 e. The molecule has 0 atom stereocenters. The van der Waals surface area contributed by atoms with Gasteiger partial charge in [0.15, 0.2) is 11.5 Å². The number of amides is 3. The Bertz CT molecular complexity index is 917. The average molecular weight is 419 g/mol. The Kier molecular flexibility index (Phi) is 8.16. The van der Waals surface area contributed by atoms with E-state index in [0.717, 1.165) is 6.08 Å². The summed E-state index contributed by atoms with van der Waals surface area (Å²) in [6.45, 7) is 0.600. The third kappa shape index (κ3) is 6.77. The van der Waals surface area contributed by atoms with Gasteiger partial charge in [-0.2, -0.15) is 8.78 Å². The molecule has 3 N–H and O–H groups in total. The van der Waals surface area contributed by atoms with Crippen LogP contribution in [0.2, 0.25) is 0 Å². The number of carbonyl (C=O) groups is 2. The molecule has 0 aliphatic heterocycles. The zero-order valence-corrected chi connectivity index (χ0v) is 16.7. The number of para-hydroxylation sites is 3. The van der Waals surface area contributed by atoms with Crippen LogP contribution in [0.4, 0.5) is 25.0 Å². The second-order valence-corrected chi connectivity index (χ2v) is 6.38. The molecule has 9 heteroatoms. The van der Waals surface area contributed by atoms with Crippen molar-refractivity contribution < 1.29 is 27.8 Å². The molecule has 0 saturated carbocycles. The van der Waals surface area contributed by atoms with E-state index in [9.17, 15) is 18.4 Å². The molecule has 2 rings (SSSR count). The Balaban J connectivity index is 2.15. The molecule has 2 aromatic rings. The Morgan fingerprint density at radius 2 is 1.67 bits per heavy atom. The summed E-state index contributed by atoms with van der Waals surface area (Å²) in [5.41, 5.74) is 1.02. The van der Waals surface area contributed by atoms with E-state index in [-0.39, 0.29) is 23.1 Å². The van der Waals surface area contributed by atoms with Gasteiger partial charge in [-0.3, -0.25) is 4.79 Å². The van der Waals surface area contributed by atoms with Crippen molar-refractivity contribution in [1.29, 1.82) is 0 Å². The van der Waals surface area contributed by atoms with Crippen molar-refractivity contribution in [1.82, 2.24) is 5.32 Å². The summed E-state index contributed by atoms with van der Waals surface area (Å²) in [5.74, 6) is -0.589. The zero-order chi connectivity index (χ0) is 22.1. The highest BCUT2D eigenvalue weighted by Gasteiger charge is 2.14. The van der Waals surface area contributed by atoms with Crippen LogP contribution in [0, 0.1) is 0 Å². The van der Waals surface area contributed by atoms with Crippen LogP contribution in [-0.2, 0) is 4.79 Å². The van der Waals surface area contributed by atoms with Gasteiger partial charge in [-0.15, -0.1) is 0 Å². The number of carbonyl (C=O) groups excluding carboxylic acids is 2. The number of benzene rings is 2. The van der Waals surface area contributed by atoms with Crippen LogP contribution < -0.4 is 25.4 Å². The molecule has 7 nitrogen and oxygen atoms in total. The van der Waals surface area contributed by atoms with E-state index in [2.05, 4.69) is 20.7 Å². The van der Waals surface area contributed by atoms with E-state index >= 15 is 0 Å². The van der Waals surface area contributed by atoms with Gasteiger partial charge >= 0.3 is 12.6 Å². The monoisotopic (exact) mass is 419 g/mol. The first-order chi connectivity index (χ1) is 14.3. The van der Waals surface area contributed by atoms with Crippen molar-refractivity contribution in [2.24, 2.45) is 0 Å². The zero-order valence-electron chi connectivity index (χ0n) is 16.7. The van der Waals surface area contributed by atoms with Gasteiger partial charge in [0.1, 0.15) is 0 Å². The fourth-order valence-corrected chi connectivity index (χ4v) is 2.50. The molecule has 0 spiro atoms. The maximum absolute atomic E-state index is 12.7. The highest BCUT2D eigenvalue weighted by atomic mass is 19.3. The highest BCUT2D eigenvalue weighted by Crippen LogP contribution is 2.33. The average Bonchev–Trinajstić information content (AvgIpc) is 2.67. The van der Waals surface area contributed by atoms with Gasteiger partial charge in [0.2, 0.25) is 5.91 Å². The van der Waals surface area contributed by atoms with E-state index in [1.165, 1.54) is 25.3 Å². The summed E-state index contributed by atoms with van der Waals surface area (Å²) in [6.07, 6.45) is 2.50. The molecular weight excluding hydrogens is 396 g/mol. The number of halogens is 2. The Labute approximate surface area is 173 Å². The molecule has 0 saturated heterocycles. The number of hydrogen-bond donors (Lipinski definition) is 3. The topological polar surface area (TPSA) is 88.7 Å². The maximum Gasteiger partial charge on any atom is 0.387 e. The second-order valence-electron chi connectivity index (χ2n) is 6.38. The van der Waals surface area contributed by atoms with Crippen LogP contribution >= 0.6 is 0 Å². The van der Waals surface area contributed by atoms with Gasteiger partial charge in [0.25, 0.3) is 0 Å². The summed E-state index contributed by atoms with van der Waals surface area (Å²) in [5, 5.41) is 7.99. The van der Waals surface area contributed by atoms with Crippen LogP contribution in [0.1, 0.15) is 19.4 Å². The normalized spacial score (nSPS) is 10.9. The fraction of sp³-hybridized carbons (Fsp3) is 0.238. The summed E-state index contributed by atoms with van der Waals surface area (Å²) in [6, 6.07) is 10.8. The van der Waals surface area contributed by atoms with Crippen LogP contribution in [0.3, 0.4) is 0 Å². The van der Waals surface area contributed by atoms with Crippen molar-refractivity contribution in [3.63, 3.8) is 0 Å². The van der Waals surface area contributed by atoms with Gasteiger partial charge in [0, 0.05) is 17.7 Å². The van der Waals surface area contributed by atoms with Gasteiger partial charge < -0.3 is 25.4 Å². The molecule has 0 radical (unpaired) electrons. The summed E-state index contributed by atoms with van der Waals surface area (Å²) in [7, 11) is 1.33. The number of alkyl halides is 2. The first kappa shape index (κ1) is 22.7. The lowest BCUT2D eigenvalue weighted by Crippen LogP contribution is -2.34. The lowest BCUT2D eigenvalue weighted by Gasteiger charge is -2.14. The molecule has 160 valence electrons. The minimum Gasteiger partial charge on any atom is -0.493 e. The molecular formula is C21H23F2N3O4. The number of nitrogens with one attached hydrogen (secondary N) is 3. The van der Waals surface area contributed by atoms with Gasteiger partial charge in [-0.05, 0) is 38.1 Å². The van der Waals surface area contributed by atoms with E-state index in [1.54, 1.807) is 30.3 Å².